The fourth-order valence-electron chi connectivity index (χ4n) is 1.74. The highest BCUT2D eigenvalue weighted by Crippen LogP contribution is 2.19. The first-order valence-electron chi connectivity index (χ1n) is 6.36. The Morgan fingerprint density at radius 3 is 2.50 bits per heavy atom. The minimum Gasteiger partial charge on any atom is -0.508 e. The van der Waals surface area contributed by atoms with Crippen molar-refractivity contribution in [3.63, 3.8) is 0 Å². The van der Waals surface area contributed by atoms with E-state index in [1.54, 1.807) is 33.0 Å². The average Bonchev–Trinajstić information content (AvgIpc) is 2.37. The van der Waals surface area contributed by atoms with E-state index < -0.39 is 17.9 Å². The largest absolute Gasteiger partial charge is 0.508 e. The Balaban J connectivity index is 2.64. The Bertz CT molecular complexity index is 488. The fourth-order valence-corrected chi connectivity index (χ4v) is 1.74. The van der Waals surface area contributed by atoms with Crippen molar-refractivity contribution in [1.82, 2.24) is 5.32 Å². The molecule has 2 amide bonds. The number of rotatable bonds is 5. The van der Waals surface area contributed by atoms with Crippen LogP contribution >= 0.6 is 0 Å². The van der Waals surface area contributed by atoms with Crippen LogP contribution in [0.3, 0.4) is 0 Å². The molecule has 6 heteroatoms. The van der Waals surface area contributed by atoms with E-state index in [9.17, 15) is 14.7 Å². The van der Waals surface area contributed by atoms with E-state index in [4.69, 9.17) is 5.11 Å². The van der Waals surface area contributed by atoms with Crippen LogP contribution < -0.4 is 10.2 Å². The number of aliphatic carboxylic acids is 1. The van der Waals surface area contributed by atoms with E-state index >= 15 is 0 Å². The monoisotopic (exact) mass is 280 g/mol. The Hall–Kier alpha value is -2.24. The van der Waals surface area contributed by atoms with Crippen molar-refractivity contribution >= 4 is 17.7 Å². The molecule has 0 radical (unpaired) electrons. The summed E-state index contributed by atoms with van der Waals surface area (Å²) in [7, 11) is 1.55. The average molecular weight is 280 g/mol. The third kappa shape index (κ3) is 4.15. The number of aromatic hydroxyl groups is 1. The normalized spacial score (nSPS) is 12.0. The van der Waals surface area contributed by atoms with Crippen molar-refractivity contribution in [2.75, 3.05) is 18.5 Å². The van der Waals surface area contributed by atoms with Crippen LogP contribution in [0.5, 0.6) is 5.75 Å². The second kappa shape index (κ2) is 6.79. The van der Waals surface area contributed by atoms with E-state index in [1.165, 1.54) is 17.0 Å². The highest BCUT2D eigenvalue weighted by atomic mass is 16.4. The zero-order chi connectivity index (χ0) is 15.3. The Kier molecular flexibility index (Phi) is 5.37. The van der Waals surface area contributed by atoms with E-state index in [-0.39, 0.29) is 18.2 Å². The van der Waals surface area contributed by atoms with Crippen molar-refractivity contribution in [2.24, 2.45) is 11.8 Å². The number of phenols is 1. The third-order valence-corrected chi connectivity index (χ3v) is 3.12. The van der Waals surface area contributed by atoms with Crippen molar-refractivity contribution in [3.8, 4) is 5.75 Å². The molecule has 1 atom stereocenters. The predicted molar refractivity (Wildman–Crippen MR) is 75.9 cm³/mol. The van der Waals surface area contributed by atoms with Gasteiger partial charge in [-0.2, -0.15) is 0 Å². The fraction of sp³-hybridized carbons (Fsp3) is 0.429. The number of anilines is 1. The Morgan fingerprint density at radius 2 is 2.00 bits per heavy atom. The number of amides is 2. The summed E-state index contributed by atoms with van der Waals surface area (Å²) < 4.78 is 0. The van der Waals surface area contributed by atoms with Crippen LogP contribution in [0, 0.1) is 11.8 Å². The van der Waals surface area contributed by atoms with Crippen LogP contribution in [-0.2, 0) is 4.79 Å². The van der Waals surface area contributed by atoms with Crippen molar-refractivity contribution in [3.05, 3.63) is 24.3 Å². The second-order valence-electron chi connectivity index (χ2n) is 4.95. The number of carbonyl (C=O) groups is 2. The van der Waals surface area contributed by atoms with Gasteiger partial charge >= 0.3 is 12.0 Å². The summed E-state index contributed by atoms with van der Waals surface area (Å²) in [4.78, 5) is 24.3. The van der Waals surface area contributed by atoms with Gasteiger partial charge in [0.25, 0.3) is 0 Å². The molecule has 0 aliphatic carbocycles. The molecule has 1 unspecified atom stereocenters. The lowest BCUT2D eigenvalue weighted by molar-refractivity contribution is -0.142. The van der Waals surface area contributed by atoms with Crippen LogP contribution in [0.4, 0.5) is 10.5 Å². The molecule has 3 N–H and O–H groups in total. The SMILES string of the molecule is CC(C)C(CNC(=O)N(C)c1cccc(O)c1)C(=O)O. The highest BCUT2D eigenvalue weighted by Gasteiger charge is 2.22. The van der Waals surface area contributed by atoms with E-state index in [0.717, 1.165) is 0 Å². The lowest BCUT2D eigenvalue weighted by atomic mass is 9.96. The van der Waals surface area contributed by atoms with Gasteiger partial charge < -0.3 is 15.5 Å². The number of hydrogen-bond donors (Lipinski definition) is 3. The van der Waals surface area contributed by atoms with Crippen LogP contribution in [0.25, 0.3) is 0 Å². The number of urea groups is 1. The maximum Gasteiger partial charge on any atom is 0.321 e. The molecular weight excluding hydrogens is 260 g/mol. The quantitative estimate of drug-likeness (QED) is 0.768. The van der Waals surface area contributed by atoms with Crippen LogP contribution in [0.1, 0.15) is 13.8 Å². The number of phenolic OH excluding ortho intramolecular Hbond substituents is 1. The minimum absolute atomic E-state index is 0.0627. The maximum atomic E-state index is 11.9. The lowest BCUT2D eigenvalue weighted by Crippen LogP contribution is -2.42. The first-order chi connectivity index (χ1) is 9.32. The van der Waals surface area contributed by atoms with Gasteiger partial charge in [0, 0.05) is 25.3 Å². The summed E-state index contributed by atoms with van der Waals surface area (Å²) >= 11 is 0. The third-order valence-electron chi connectivity index (χ3n) is 3.12. The number of carboxylic acid groups (broad SMARTS) is 1. The summed E-state index contributed by atoms with van der Waals surface area (Å²) in [6, 6.07) is 5.85. The predicted octanol–water partition coefficient (Wildman–Crippen LogP) is 1.89. The number of carboxylic acids is 1. The molecule has 0 spiro atoms. The molecule has 20 heavy (non-hydrogen) atoms. The molecule has 0 heterocycles. The molecule has 1 rings (SSSR count). The first-order valence-corrected chi connectivity index (χ1v) is 6.36. The summed E-state index contributed by atoms with van der Waals surface area (Å²) in [5.41, 5.74) is 0.527. The first kappa shape index (κ1) is 15.8. The highest BCUT2D eigenvalue weighted by molar-refractivity contribution is 5.91. The van der Waals surface area contributed by atoms with Gasteiger partial charge in [-0.25, -0.2) is 4.79 Å². The van der Waals surface area contributed by atoms with E-state index in [2.05, 4.69) is 5.32 Å². The second-order valence-corrected chi connectivity index (χ2v) is 4.95. The smallest absolute Gasteiger partial charge is 0.321 e. The van der Waals surface area contributed by atoms with E-state index in [1.807, 2.05) is 0 Å². The topological polar surface area (TPSA) is 89.9 Å². The molecule has 6 nitrogen and oxygen atoms in total. The molecule has 1 aromatic carbocycles. The van der Waals surface area contributed by atoms with Gasteiger partial charge in [0.15, 0.2) is 0 Å². The number of carbonyl (C=O) groups excluding carboxylic acids is 1. The maximum absolute atomic E-state index is 11.9. The molecule has 0 aromatic heterocycles. The van der Waals surface area contributed by atoms with Gasteiger partial charge in [0.05, 0.1) is 5.92 Å². The van der Waals surface area contributed by atoms with Crippen molar-refractivity contribution in [1.29, 1.82) is 0 Å². The van der Waals surface area contributed by atoms with Crippen LogP contribution in [0.15, 0.2) is 24.3 Å². The van der Waals surface area contributed by atoms with E-state index in [0.29, 0.717) is 5.69 Å². The summed E-state index contributed by atoms with van der Waals surface area (Å²) in [5.74, 6) is -1.57. The molecule has 1 aromatic rings. The van der Waals surface area contributed by atoms with Crippen LogP contribution in [-0.4, -0.2) is 35.8 Å². The number of hydrogen-bond acceptors (Lipinski definition) is 3. The molecule has 0 aliphatic heterocycles. The van der Waals surface area contributed by atoms with Crippen molar-refractivity contribution in [2.45, 2.75) is 13.8 Å². The summed E-state index contributed by atoms with van der Waals surface area (Å²) in [5, 5.41) is 21.0. The van der Waals surface area contributed by atoms with Gasteiger partial charge in [-0.3, -0.25) is 9.69 Å². The molecule has 0 bridgehead atoms. The van der Waals surface area contributed by atoms with Gasteiger partial charge in [0.2, 0.25) is 0 Å². The van der Waals surface area contributed by atoms with Gasteiger partial charge in [-0.05, 0) is 18.1 Å². The van der Waals surface area contributed by atoms with Gasteiger partial charge in [-0.1, -0.05) is 19.9 Å². The zero-order valence-corrected chi connectivity index (χ0v) is 11.8. The standard InChI is InChI=1S/C14H20N2O4/c1-9(2)12(13(18)19)8-15-14(20)16(3)10-5-4-6-11(17)7-10/h4-7,9,12,17H,8H2,1-3H3,(H,15,20)(H,18,19). The van der Waals surface area contributed by atoms with Crippen LogP contribution in [0.2, 0.25) is 0 Å². The zero-order valence-electron chi connectivity index (χ0n) is 11.8. The molecule has 0 saturated heterocycles. The van der Waals surface area contributed by atoms with Gasteiger partial charge in [-0.15, -0.1) is 0 Å². The minimum atomic E-state index is -0.930. The molecule has 0 aliphatic rings. The molecular formula is C14H20N2O4. The molecule has 0 saturated carbocycles. The summed E-state index contributed by atoms with van der Waals surface area (Å²) in [6.07, 6.45) is 0. The lowest BCUT2D eigenvalue weighted by Gasteiger charge is -2.21. The Labute approximate surface area is 118 Å². The Morgan fingerprint density at radius 1 is 1.35 bits per heavy atom. The molecule has 110 valence electrons. The number of nitrogens with one attached hydrogen (secondary N) is 1. The number of nitrogens with zero attached hydrogens (tertiary/aromatic N) is 1. The molecule has 0 fully saturated rings. The summed E-state index contributed by atoms with van der Waals surface area (Å²) in [6.45, 7) is 3.66. The van der Waals surface area contributed by atoms with Crippen molar-refractivity contribution < 1.29 is 19.8 Å². The van der Waals surface area contributed by atoms with Gasteiger partial charge in [0.1, 0.15) is 5.75 Å². The number of benzene rings is 1.